The number of unbranched alkanes of at least 4 members (excludes halogenated alkanes) is 8. The van der Waals surface area contributed by atoms with E-state index in [2.05, 4.69) is 100 Å². The van der Waals surface area contributed by atoms with Gasteiger partial charge < -0.3 is 4.90 Å². The highest BCUT2D eigenvalue weighted by Crippen LogP contribution is 2.49. The smallest absolute Gasteiger partial charge is 0.209 e. The van der Waals surface area contributed by atoms with Gasteiger partial charge in [0.25, 0.3) is 0 Å². The van der Waals surface area contributed by atoms with Crippen LogP contribution >= 0.6 is 11.6 Å². The van der Waals surface area contributed by atoms with Crippen LogP contribution in [0.2, 0.25) is 0 Å². The van der Waals surface area contributed by atoms with Gasteiger partial charge in [0.1, 0.15) is 6.54 Å². The summed E-state index contributed by atoms with van der Waals surface area (Å²) in [5.41, 5.74) is 10.8. The molecule has 0 spiro atoms. The fourth-order valence-electron chi connectivity index (χ4n) is 8.47. The molecule has 0 unspecified atom stereocenters. The second-order valence-electron chi connectivity index (χ2n) is 16.5. The van der Waals surface area contributed by atoms with Crippen LogP contribution in [0.5, 0.6) is 0 Å². The van der Waals surface area contributed by atoms with Crippen LogP contribution in [0.4, 0.5) is 11.4 Å². The van der Waals surface area contributed by atoms with Gasteiger partial charge in [0, 0.05) is 58.8 Å². The second-order valence-corrected chi connectivity index (χ2v) is 18.9. The number of hydrogen-bond donors (Lipinski definition) is 0. The van der Waals surface area contributed by atoms with Crippen LogP contribution in [-0.2, 0) is 20.7 Å². The summed E-state index contributed by atoms with van der Waals surface area (Å²) >= 11 is 7.30. The Hall–Kier alpha value is -2.89. The molecule has 5 rings (SSSR count). The predicted octanol–water partition coefficient (Wildman–Crippen LogP) is 12.6. The monoisotopic (exact) mass is 743 g/mol. The first-order chi connectivity index (χ1) is 24.7. The standard InChI is InChI=1S/C46H64ClN2O2S/c1-9-11-13-15-17-30-48-40-26-22-34(3)32-38(40)45(4,5)42(48)28-23-35-20-19-21-36(44(35)47)24-29-43-46(6,7)39-33-37(52(8,50)51)25-27-41(39)49(43)31-18-16-14-12-10-2/h22-29,32-33H,9-21,30-31H2,1-8H3/q+1. The van der Waals surface area contributed by atoms with E-state index in [1.165, 1.54) is 103 Å². The molecule has 282 valence electrons. The third-order valence-electron chi connectivity index (χ3n) is 11.7. The third kappa shape index (κ3) is 8.73. The molecule has 2 heterocycles. The Balaban J connectivity index is 1.47. The van der Waals surface area contributed by atoms with Crippen LogP contribution in [-0.4, -0.2) is 38.1 Å². The number of aryl methyl sites for hydroxylation is 1. The number of rotatable bonds is 16. The van der Waals surface area contributed by atoms with E-state index >= 15 is 0 Å². The van der Waals surface area contributed by atoms with E-state index < -0.39 is 9.84 Å². The molecule has 0 saturated carbocycles. The average molecular weight is 745 g/mol. The maximum Gasteiger partial charge on any atom is 0.209 e. The zero-order valence-electron chi connectivity index (χ0n) is 33.4. The van der Waals surface area contributed by atoms with Gasteiger partial charge in [-0.05, 0) is 99.9 Å². The molecule has 0 fully saturated rings. The largest absolute Gasteiger partial charge is 0.344 e. The SMILES string of the molecule is CCCCCCCN1C(=CC=C2CCCC(C=CC3=[N+](CCCCCCC)c4ccc(C)cc4C3(C)C)=C2Cl)C(C)(C)c2cc(S(C)(=O)=O)ccc21. The maximum atomic E-state index is 12.6. The second kappa shape index (κ2) is 17.1. The molecule has 4 nitrogen and oxygen atoms in total. The first-order valence-corrected chi connectivity index (χ1v) is 22.3. The van der Waals surface area contributed by atoms with Crippen molar-refractivity contribution in [2.75, 3.05) is 24.2 Å². The molecule has 3 aliphatic rings. The van der Waals surface area contributed by atoms with Crippen molar-refractivity contribution in [1.29, 1.82) is 0 Å². The van der Waals surface area contributed by atoms with E-state index in [-0.39, 0.29) is 10.8 Å². The van der Waals surface area contributed by atoms with Crippen molar-refractivity contribution in [3.8, 4) is 0 Å². The number of anilines is 1. The van der Waals surface area contributed by atoms with Gasteiger partial charge in [-0.3, -0.25) is 0 Å². The van der Waals surface area contributed by atoms with Gasteiger partial charge in [-0.1, -0.05) is 108 Å². The van der Waals surface area contributed by atoms with E-state index in [9.17, 15) is 8.42 Å². The molecule has 0 aromatic heterocycles. The van der Waals surface area contributed by atoms with Gasteiger partial charge in [0.2, 0.25) is 5.69 Å². The van der Waals surface area contributed by atoms with E-state index in [0.717, 1.165) is 55.1 Å². The van der Waals surface area contributed by atoms with Crippen molar-refractivity contribution >= 4 is 38.5 Å². The van der Waals surface area contributed by atoms with Crippen molar-refractivity contribution in [1.82, 2.24) is 0 Å². The van der Waals surface area contributed by atoms with Crippen LogP contribution in [0.1, 0.15) is 142 Å². The lowest BCUT2D eigenvalue weighted by Crippen LogP contribution is -2.28. The molecule has 1 aliphatic carbocycles. The van der Waals surface area contributed by atoms with E-state index in [1.54, 1.807) is 6.07 Å². The highest BCUT2D eigenvalue weighted by Gasteiger charge is 2.44. The first kappa shape index (κ1) is 40.3. The minimum atomic E-state index is -3.31. The lowest BCUT2D eigenvalue weighted by atomic mass is 9.80. The number of hydrogen-bond acceptors (Lipinski definition) is 3. The summed E-state index contributed by atoms with van der Waals surface area (Å²) in [5.74, 6) is 0. The van der Waals surface area contributed by atoms with Gasteiger partial charge in [0.15, 0.2) is 15.5 Å². The Labute approximate surface area is 321 Å². The number of nitrogens with zero attached hydrogens (tertiary/aromatic N) is 2. The highest BCUT2D eigenvalue weighted by molar-refractivity contribution is 7.90. The molecule has 52 heavy (non-hydrogen) atoms. The Kier molecular flexibility index (Phi) is 13.2. The number of fused-ring (bicyclic) bond motifs is 2. The molecule has 0 saturated heterocycles. The summed E-state index contributed by atoms with van der Waals surface area (Å²) in [6.07, 6.45) is 25.8. The van der Waals surface area contributed by atoms with Gasteiger partial charge >= 0.3 is 0 Å². The summed E-state index contributed by atoms with van der Waals surface area (Å²) < 4.78 is 27.7. The topological polar surface area (TPSA) is 40.4 Å². The summed E-state index contributed by atoms with van der Waals surface area (Å²) in [4.78, 5) is 2.81. The van der Waals surface area contributed by atoms with E-state index in [0.29, 0.717) is 4.90 Å². The molecular formula is C46H64ClN2O2S+. The Morgan fingerprint density at radius 1 is 0.808 bits per heavy atom. The van der Waals surface area contributed by atoms with Crippen molar-refractivity contribution in [2.24, 2.45) is 0 Å². The quantitative estimate of drug-likeness (QED) is 0.127. The molecule has 2 aromatic carbocycles. The van der Waals surface area contributed by atoms with Crippen LogP contribution in [0.15, 0.2) is 87.5 Å². The Morgan fingerprint density at radius 2 is 1.50 bits per heavy atom. The summed E-state index contributed by atoms with van der Waals surface area (Å²) in [5, 5.41) is 0.869. The van der Waals surface area contributed by atoms with Crippen LogP contribution in [0.25, 0.3) is 0 Å². The summed E-state index contributed by atoms with van der Waals surface area (Å²) in [7, 11) is -3.31. The van der Waals surface area contributed by atoms with E-state index in [4.69, 9.17) is 11.6 Å². The molecule has 0 amide bonds. The number of allylic oxidation sites excluding steroid dienone is 8. The van der Waals surface area contributed by atoms with Crippen LogP contribution < -0.4 is 4.90 Å². The zero-order valence-corrected chi connectivity index (χ0v) is 34.9. The predicted molar refractivity (Wildman–Crippen MR) is 223 cm³/mol. The summed E-state index contributed by atoms with van der Waals surface area (Å²) in [6.45, 7) is 17.8. The third-order valence-corrected chi connectivity index (χ3v) is 13.2. The van der Waals surface area contributed by atoms with Gasteiger partial charge in [-0.2, -0.15) is 4.58 Å². The Morgan fingerprint density at radius 3 is 2.19 bits per heavy atom. The lowest BCUT2D eigenvalue weighted by Gasteiger charge is -2.27. The minimum Gasteiger partial charge on any atom is -0.344 e. The summed E-state index contributed by atoms with van der Waals surface area (Å²) in [6, 6.07) is 12.6. The van der Waals surface area contributed by atoms with Gasteiger partial charge in [-0.15, -0.1) is 0 Å². The average Bonchev–Trinajstić information content (AvgIpc) is 3.44. The number of halogens is 1. The van der Waals surface area contributed by atoms with E-state index in [1.807, 2.05) is 12.1 Å². The number of benzene rings is 2. The molecule has 0 N–H and O–H groups in total. The Bertz CT molecular complexity index is 1890. The minimum absolute atomic E-state index is 0.0912. The molecule has 2 aromatic rings. The van der Waals surface area contributed by atoms with Gasteiger partial charge in [0.05, 0.1) is 10.3 Å². The van der Waals surface area contributed by atoms with Gasteiger partial charge in [-0.25, -0.2) is 8.42 Å². The van der Waals surface area contributed by atoms with Crippen LogP contribution in [0, 0.1) is 6.92 Å². The van der Waals surface area contributed by atoms with Crippen molar-refractivity contribution in [3.63, 3.8) is 0 Å². The maximum absolute atomic E-state index is 12.6. The van der Waals surface area contributed by atoms with Crippen molar-refractivity contribution in [3.05, 3.63) is 99.3 Å². The molecule has 0 atom stereocenters. The molecule has 6 heteroatoms. The highest BCUT2D eigenvalue weighted by atomic mass is 35.5. The molecular weight excluding hydrogens is 680 g/mol. The first-order valence-electron chi connectivity index (χ1n) is 20.1. The van der Waals surface area contributed by atoms with Crippen molar-refractivity contribution < 1.29 is 13.0 Å². The number of sulfone groups is 1. The fourth-order valence-corrected chi connectivity index (χ4v) is 9.43. The van der Waals surface area contributed by atoms with Crippen LogP contribution in [0.3, 0.4) is 0 Å². The fraction of sp³-hybridized carbons (Fsp3) is 0.543. The van der Waals surface area contributed by atoms with Crippen molar-refractivity contribution in [2.45, 2.75) is 148 Å². The zero-order chi connectivity index (χ0) is 37.7. The molecule has 0 radical (unpaired) electrons. The molecule has 2 aliphatic heterocycles. The normalized spacial score (nSPS) is 19.8. The lowest BCUT2D eigenvalue weighted by molar-refractivity contribution is -0.438. The molecule has 0 bridgehead atoms.